The van der Waals surface area contributed by atoms with Crippen LogP contribution < -0.4 is 5.73 Å². The van der Waals surface area contributed by atoms with Gasteiger partial charge in [0.2, 0.25) is 5.91 Å². The van der Waals surface area contributed by atoms with Crippen LogP contribution in [0, 0.1) is 0 Å². The van der Waals surface area contributed by atoms with Crippen molar-refractivity contribution in [3.05, 3.63) is 0 Å². The fourth-order valence-electron chi connectivity index (χ4n) is 0.351. The number of rotatable bonds is 2. The van der Waals surface area contributed by atoms with Gasteiger partial charge in [0.25, 0.3) is 0 Å². The predicted molar refractivity (Wildman–Crippen MR) is 32.4 cm³/mol. The standard InChI is InChI=1S/C5H12N2O/c1-5(8)7(2)4-3-6/h3-4,6H2,1-2H3. The third-order valence-corrected chi connectivity index (χ3v) is 1.00. The summed E-state index contributed by atoms with van der Waals surface area (Å²) in [5.74, 6) is 0.0652. The molecule has 0 spiro atoms. The zero-order valence-electron chi connectivity index (χ0n) is 5.35. The average molecular weight is 116 g/mol. The molecule has 0 aromatic rings. The van der Waals surface area contributed by atoms with E-state index in [1.165, 1.54) is 6.92 Å². The van der Waals surface area contributed by atoms with Gasteiger partial charge in [-0.05, 0) is 0 Å². The van der Waals surface area contributed by atoms with Gasteiger partial charge in [0.15, 0.2) is 0 Å². The number of hydrogen-bond donors (Lipinski definition) is 1. The van der Waals surface area contributed by atoms with E-state index in [4.69, 9.17) is 5.73 Å². The second-order valence-corrected chi connectivity index (χ2v) is 1.73. The van der Waals surface area contributed by atoms with Gasteiger partial charge in [-0.3, -0.25) is 4.79 Å². The predicted octanol–water partition coefficient (Wildman–Crippen LogP) is -0.577. The van der Waals surface area contributed by atoms with Crippen LogP contribution in [-0.4, -0.2) is 30.9 Å². The van der Waals surface area contributed by atoms with Gasteiger partial charge in [0.1, 0.15) is 0 Å². The minimum Gasteiger partial charge on any atom is -0.345 e. The Labute approximate surface area is 49.5 Å². The van der Waals surface area contributed by atoms with Gasteiger partial charge in [-0.15, -0.1) is 0 Å². The van der Waals surface area contributed by atoms with Crippen molar-refractivity contribution in [2.45, 2.75) is 6.92 Å². The van der Waals surface area contributed by atoms with Crippen molar-refractivity contribution in [2.24, 2.45) is 5.73 Å². The van der Waals surface area contributed by atoms with E-state index in [0.29, 0.717) is 13.1 Å². The molecule has 3 heteroatoms. The van der Waals surface area contributed by atoms with Crippen molar-refractivity contribution in [1.82, 2.24) is 4.90 Å². The molecule has 0 radical (unpaired) electrons. The lowest BCUT2D eigenvalue weighted by Crippen LogP contribution is -2.29. The lowest BCUT2D eigenvalue weighted by molar-refractivity contribution is -0.127. The van der Waals surface area contributed by atoms with Crippen molar-refractivity contribution in [2.75, 3.05) is 20.1 Å². The molecule has 0 aliphatic rings. The van der Waals surface area contributed by atoms with Gasteiger partial charge < -0.3 is 10.6 Å². The molecule has 0 bridgehead atoms. The highest BCUT2D eigenvalue weighted by Gasteiger charge is 1.96. The number of carbonyl (C=O) groups is 1. The van der Waals surface area contributed by atoms with E-state index >= 15 is 0 Å². The molecule has 0 saturated heterocycles. The fourth-order valence-corrected chi connectivity index (χ4v) is 0.351. The summed E-state index contributed by atoms with van der Waals surface area (Å²) in [6.45, 7) is 2.71. The zero-order chi connectivity index (χ0) is 6.57. The lowest BCUT2D eigenvalue weighted by Gasteiger charge is -2.11. The van der Waals surface area contributed by atoms with Crippen LogP contribution in [0.15, 0.2) is 0 Å². The van der Waals surface area contributed by atoms with Gasteiger partial charge in [-0.25, -0.2) is 0 Å². The van der Waals surface area contributed by atoms with Gasteiger partial charge in [-0.2, -0.15) is 0 Å². The normalized spacial score (nSPS) is 8.88. The highest BCUT2D eigenvalue weighted by molar-refractivity contribution is 5.72. The number of amides is 1. The lowest BCUT2D eigenvalue weighted by atomic mass is 10.5. The molecule has 0 heterocycles. The second kappa shape index (κ2) is 3.43. The third kappa shape index (κ3) is 2.58. The molecule has 0 aromatic carbocycles. The average Bonchev–Trinajstić information content (AvgIpc) is 1.67. The first kappa shape index (κ1) is 7.43. The van der Waals surface area contributed by atoms with Crippen molar-refractivity contribution >= 4 is 5.91 Å². The maximum atomic E-state index is 10.4. The van der Waals surface area contributed by atoms with Crippen molar-refractivity contribution in [3.63, 3.8) is 0 Å². The van der Waals surface area contributed by atoms with Gasteiger partial charge in [0.05, 0.1) is 0 Å². The van der Waals surface area contributed by atoms with E-state index in [9.17, 15) is 4.79 Å². The second-order valence-electron chi connectivity index (χ2n) is 1.73. The highest BCUT2D eigenvalue weighted by atomic mass is 16.2. The Balaban J connectivity index is 3.32. The molecular formula is C5H12N2O. The number of likely N-dealkylation sites (N-methyl/N-ethyl adjacent to an activating group) is 1. The van der Waals surface area contributed by atoms with E-state index in [2.05, 4.69) is 0 Å². The molecule has 48 valence electrons. The van der Waals surface area contributed by atoms with Crippen molar-refractivity contribution in [1.29, 1.82) is 0 Å². The SMILES string of the molecule is CC(=O)N(C)CCN. The largest absolute Gasteiger partial charge is 0.345 e. The van der Waals surface area contributed by atoms with Crippen LogP contribution in [0.25, 0.3) is 0 Å². The Hall–Kier alpha value is -0.570. The molecule has 0 aliphatic heterocycles. The number of nitrogens with zero attached hydrogens (tertiary/aromatic N) is 1. The van der Waals surface area contributed by atoms with Crippen LogP contribution >= 0.6 is 0 Å². The van der Waals surface area contributed by atoms with Gasteiger partial charge in [0, 0.05) is 27.1 Å². The molecule has 0 saturated carbocycles. The van der Waals surface area contributed by atoms with Crippen LogP contribution in [0.3, 0.4) is 0 Å². The molecule has 0 rings (SSSR count). The van der Waals surface area contributed by atoms with Gasteiger partial charge >= 0.3 is 0 Å². The maximum Gasteiger partial charge on any atom is 0.219 e. The smallest absolute Gasteiger partial charge is 0.219 e. The fraction of sp³-hybridized carbons (Fsp3) is 0.800. The minimum atomic E-state index is 0.0652. The van der Waals surface area contributed by atoms with E-state index in [1.54, 1.807) is 11.9 Å². The summed E-state index contributed by atoms with van der Waals surface area (Å²) in [6.07, 6.45) is 0. The monoisotopic (exact) mass is 116 g/mol. The summed E-state index contributed by atoms with van der Waals surface area (Å²) in [4.78, 5) is 12.0. The highest BCUT2D eigenvalue weighted by Crippen LogP contribution is 1.78. The van der Waals surface area contributed by atoms with E-state index < -0.39 is 0 Å². The van der Waals surface area contributed by atoms with Crippen LogP contribution in [-0.2, 0) is 4.79 Å². The Morgan fingerprint density at radius 2 is 2.25 bits per heavy atom. The molecule has 3 nitrogen and oxygen atoms in total. The molecule has 1 amide bonds. The quantitative estimate of drug-likeness (QED) is 0.525. The molecule has 0 aliphatic carbocycles. The zero-order valence-corrected chi connectivity index (χ0v) is 5.35. The minimum absolute atomic E-state index is 0.0652. The molecule has 0 fully saturated rings. The first-order valence-electron chi connectivity index (χ1n) is 2.60. The van der Waals surface area contributed by atoms with Crippen LogP contribution in [0.2, 0.25) is 0 Å². The molecule has 8 heavy (non-hydrogen) atoms. The molecule has 0 atom stereocenters. The first-order chi connectivity index (χ1) is 3.68. The van der Waals surface area contributed by atoms with E-state index in [1.807, 2.05) is 0 Å². The Morgan fingerprint density at radius 3 is 2.38 bits per heavy atom. The topological polar surface area (TPSA) is 46.3 Å². The molecule has 2 N–H and O–H groups in total. The Kier molecular flexibility index (Phi) is 3.19. The summed E-state index contributed by atoms with van der Waals surface area (Å²) >= 11 is 0. The van der Waals surface area contributed by atoms with Crippen LogP contribution in [0.5, 0.6) is 0 Å². The Bertz CT molecular complexity index is 82.5. The molecule has 0 unspecified atom stereocenters. The number of nitrogens with two attached hydrogens (primary N) is 1. The van der Waals surface area contributed by atoms with E-state index in [0.717, 1.165) is 0 Å². The molecule has 0 aromatic heterocycles. The summed E-state index contributed by atoms with van der Waals surface area (Å²) in [5.41, 5.74) is 5.17. The summed E-state index contributed by atoms with van der Waals surface area (Å²) < 4.78 is 0. The number of hydrogen-bond acceptors (Lipinski definition) is 2. The Morgan fingerprint density at radius 1 is 1.75 bits per heavy atom. The maximum absolute atomic E-state index is 10.4. The third-order valence-electron chi connectivity index (χ3n) is 1.00. The molecular weight excluding hydrogens is 104 g/mol. The van der Waals surface area contributed by atoms with Gasteiger partial charge in [-0.1, -0.05) is 0 Å². The first-order valence-corrected chi connectivity index (χ1v) is 2.60. The number of carbonyl (C=O) groups excluding carboxylic acids is 1. The van der Waals surface area contributed by atoms with Crippen molar-refractivity contribution < 1.29 is 4.79 Å². The van der Waals surface area contributed by atoms with Crippen molar-refractivity contribution in [3.8, 4) is 0 Å². The summed E-state index contributed by atoms with van der Waals surface area (Å²) in [5, 5.41) is 0. The van der Waals surface area contributed by atoms with Crippen LogP contribution in [0.1, 0.15) is 6.92 Å². The summed E-state index contributed by atoms with van der Waals surface area (Å²) in [7, 11) is 1.73. The summed E-state index contributed by atoms with van der Waals surface area (Å²) in [6, 6.07) is 0. The van der Waals surface area contributed by atoms with Crippen LogP contribution in [0.4, 0.5) is 0 Å². The van der Waals surface area contributed by atoms with E-state index in [-0.39, 0.29) is 5.91 Å².